The van der Waals surface area contributed by atoms with Gasteiger partial charge in [-0.25, -0.2) is 9.97 Å². The maximum Gasteiger partial charge on any atom is 0.148 e. The number of aryl methyl sites for hydroxylation is 2. The van der Waals surface area contributed by atoms with Crippen molar-refractivity contribution in [1.82, 2.24) is 19.9 Å². The van der Waals surface area contributed by atoms with Crippen LogP contribution in [0.25, 0.3) is 97.7 Å². The van der Waals surface area contributed by atoms with E-state index in [2.05, 4.69) is 133 Å². The van der Waals surface area contributed by atoms with Crippen molar-refractivity contribution in [3.05, 3.63) is 130 Å². The molecule has 0 unspecified atom stereocenters. The van der Waals surface area contributed by atoms with Gasteiger partial charge in [0.1, 0.15) is 11.6 Å². The van der Waals surface area contributed by atoms with E-state index in [1.54, 1.807) is 0 Å². The minimum Gasteiger partial charge on any atom is -0.337 e. The molecule has 0 atom stereocenters. The first-order valence-corrected chi connectivity index (χ1v) is 20.0. The Labute approximate surface area is 305 Å². The van der Waals surface area contributed by atoms with Crippen molar-refractivity contribution in [3.8, 4) is 21.4 Å². The third-order valence-corrected chi connectivity index (χ3v) is 13.7. The molecule has 6 aromatic carbocycles. The van der Waals surface area contributed by atoms with Crippen LogP contribution < -0.4 is 0 Å². The lowest BCUT2D eigenvalue weighted by molar-refractivity contribution is 1.36. The van der Waals surface area contributed by atoms with Gasteiger partial charge in [0.25, 0.3) is 0 Å². The Morgan fingerprint density at radius 3 is 1.24 bits per heavy atom. The fourth-order valence-electron chi connectivity index (χ4n) is 8.19. The Morgan fingerprint density at radius 1 is 0.471 bits per heavy atom. The number of rotatable bonds is 4. The van der Waals surface area contributed by atoms with E-state index in [1.165, 1.54) is 84.9 Å². The number of H-pyrrole nitrogens is 2. The highest BCUT2D eigenvalue weighted by Gasteiger charge is 2.25. The van der Waals surface area contributed by atoms with E-state index in [9.17, 15) is 0 Å². The third kappa shape index (κ3) is 4.38. The molecule has 7 heteroatoms. The van der Waals surface area contributed by atoms with Gasteiger partial charge < -0.3 is 9.97 Å². The third-order valence-electron chi connectivity index (χ3n) is 10.6. The van der Waals surface area contributed by atoms with Gasteiger partial charge in [-0.15, -0.1) is 22.7 Å². The van der Waals surface area contributed by atoms with Crippen molar-refractivity contribution in [2.24, 2.45) is 0 Å². The van der Waals surface area contributed by atoms with Crippen LogP contribution in [0.5, 0.6) is 0 Å². The summed E-state index contributed by atoms with van der Waals surface area (Å²) in [5.41, 5.74) is 9.88. The van der Waals surface area contributed by atoms with Crippen molar-refractivity contribution in [3.63, 3.8) is 0 Å². The first-order chi connectivity index (χ1) is 25.1. The normalized spacial score (nSPS) is 13.8. The lowest BCUT2D eigenvalue weighted by Crippen LogP contribution is -1.90. The second-order valence-electron chi connectivity index (χ2n) is 13.4. The van der Waals surface area contributed by atoms with E-state index < -0.39 is 0 Å². The molecule has 0 aliphatic carbocycles. The van der Waals surface area contributed by atoms with Gasteiger partial charge in [0, 0.05) is 42.8 Å². The average Bonchev–Trinajstić information content (AvgIpc) is 4.01. The number of benzene rings is 6. The Bertz CT molecular complexity index is 2740. The predicted molar refractivity (Wildman–Crippen MR) is 222 cm³/mol. The topological polar surface area (TPSA) is 57.4 Å². The van der Waals surface area contributed by atoms with Gasteiger partial charge >= 0.3 is 0 Å². The molecule has 11 rings (SSSR count). The van der Waals surface area contributed by atoms with Gasteiger partial charge in [-0.2, -0.15) is 11.8 Å². The molecule has 0 fully saturated rings. The summed E-state index contributed by atoms with van der Waals surface area (Å²) in [6.07, 6.45) is 0. The average molecular weight is 711 g/mol. The number of nitrogens with zero attached hydrogens (tertiary/aromatic N) is 2. The summed E-state index contributed by atoms with van der Waals surface area (Å²) < 4.78 is 0. The number of imidazole rings is 2. The second-order valence-corrected chi connectivity index (χ2v) is 16.9. The molecule has 10 aromatic rings. The van der Waals surface area contributed by atoms with E-state index in [4.69, 9.17) is 9.97 Å². The Morgan fingerprint density at radius 2 is 0.824 bits per heavy atom. The molecule has 2 N–H and O–H groups in total. The SMILES string of the molecule is Cc1sc(-c2nc3c4ccccc4c4ccccc4c3[nH]2)cc1C1=C(c2cc(-c3nc4c5ccccc5c5ccccc5c4[nH]3)sc2C)CSC1. The summed E-state index contributed by atoms with van der Waals surface area (Å²) in [5.74, 6) is 3.90. The highest BCUT2D eigenvalue weighted by Crippen LogP contribution is 2.47. The van der Waals surface area contributed by atoms with Crippen molar-refractivity contribution in [2.45, 2.75) is 13.8 Å². The van der Waals surface area contributed by atoms with Gasteiger partial charge in [-0.3, -0.25) is 0 Å². The van der Waals surface area contributed by atoms with E-state index in [0.29, 0.717) is 0 Å². The minimum absolute atomic E-state index is 0.942. The molecule has 0 spiro atoms. The molecule has 5 heterocycles. The maximum absolute atomic E-state index is 5.25. The lowest BCUT2D eigenvalue weighted by atomic mass is 9.97. The first-order valence-electron chi connectivity index (χ1n) is 17.2. The summed E-state index contributed by atoms with van der Waals surface area (Å²) in [6, 6.07) is 39.3. The highest BCUT2D eigenvalue weighted by molar-refractivity contribution is 8.00. The predicted octanol–water partition coefficient (Wildman–Crippen LogP) is 12.8. The molecular weight excluding hydrogens is 681 g/mol. The molecule has 244 valence electrons. The van der Waals surface area contributed by atoms with Crippen LogP contribution in [-0.2, 0) is 0 Å². The van der Waals surface area contributed by atoms with E-state index >= 15 is 0 Å². The van der Waals surface area contributed by atoms with E-state index in [0.717, 1.165) is 45.2 Å². The quantitative estimate of drug-likeness (QED) is 0.179. The smallest absolute Gasteiger partial charge is 0.148 e. The molecule has 0 saturated carbocycles. The molecule has 0 radical (unpaired) electrons. The Kier molecular flexibility index (Phi) is 6.45. The van der Waals surface area contributed by atoms with E-state index in [-0.39, 0.29) is 0 Å². The largest absolute Gasteiger partial charge is 0.337 e. The van der Waals surface area contributed by atoms with Crippen LogP contribution in [-0.4, -0.2) is 31.4 Å². The number of hydrogen-bond donors (Lipinski definition) is 2. The summed E-state index contributed by atoms with van der Waals surface area (Å²) in [6.45, 7) is 4.53. The van der Waals surface area contributed by atoms with Crippen LogP contribution in [0, 0.1) is 13.8 Å². The van der Waals surface area contributed by atoms with Gasteiger partial charge in [0.2, 0.25) is 0 Å². The minimum atomic E-state index is 0.942. The number of hydrogen-bond acceptors (Lipinski definition) is 5. The molecule has 0 saturated heterocycles. The van der Waals surface area contributed by atoms with Crippen LogP contribution in [0.1, 0.15) is 20.9 Å². The van der Waals surface area contributed by atoms with Crippen molar-refractivity contribution in [1.29, 1.82) is 0 Å². The van der Waals surface area contributed by atoms with Gasteiger partial charge in [0.15, 0.2) is 0 Å². The molecule has 0 amide bonds. The van der Waals surface area contributed by atoms with Crippen LogP contribution in [0.15, 0.2) is 109 Å². The number of aromatic amines is 2. The maximum atomic E-state index is 5.25. The molecule has 4 aromatic heterocycles. The highest BCUT2D eigenvalue weighted by atomic mass is 32.2. The van der Waals surface area contributed by atoms with Crippen molar-refractivity contribution >= 4 is 111 Å². The molecule has 51 heavy (non-hydrogen) atoms. The summed E-state index contributed by atoms with van der Waals surface area (Å²) in [5, 5.41) is 9.81. The second kappa shape index (κ2) is 11.1. The lowest BCUT2D eigenvalue weighted by Gasteiger charge is -2.06. The van der Waals surface area contributed by atoms with Crippen LogP contribution in [0.3, 0.4) is 0 Å². The molecular formula is C44H30N4S3. The number of nitrogens with one attached hydrogen (secondary N) is 2. The number of aromatic nitrogens is 4. The summed E-state index contributed by atoms with van der Waals surface area (Å²) in [4.78, 5) is 23.0. The number of thiophene rings is 2. The van der Waals surface area contributed by atoms with Crippen LogP contribution in [0.2, 0.25) is 0 Å². The number of fused-ring (bicyclic) bond motifs is 12. The summed E-state index contributed by atoms with van der Waals surface area (Å²) >= 11 is 5.69. The van der Waals surface area contributed by atoms with Crippen LogP contribution >= 0.6 is 34.4 Å². The zero-order valence-corrected chi connectivity index (χ0v) is 30.4. The van der Waals surface area contributed by atoms with Crippen molar-refractivity contribution in [2.75, 3.05) is 11.5 Å². The fourth-order valence-corrected chi connectivity index (χ4v) is 11.3. The molecule has 4 nitrogen and oxygen atoms in total. The molecule has 0 bridgehead atoms. The monoisotopic (exact) mass is 710 g/mol. The van der Waals surface area contributed by atoms with Crippen molar-refractivity contribution < 1.29 is 0 Å². The molecule has 1 aliphatic heterocycles. The number of thioether (sulfide) groups is 1. The summed E-state index contributed by atoms with van der Waals surface area (Å²) in [7, 11) is 0. The van der Waals surface area contributed by atoms with Gasteiger partial charge in [0.05, 0.1) is 31.8 Å². The molecule has 1 aliphatic rings. The van der Waals surface area contributed by atoms with Gasteiger partial charge in [-0.1, -0.05) is 97.1 Å². The zero-order valence-electron chi connectivity index (χ0n) is 27.9. The standard InChI is InChI=1S/C44H30N4S3/c1-23-33(19-37(50-23)43-45-39-29-15-7-3-11-25(29)26-12-4-8-16-30(26)40(39)46-43)35-21-49-22-36(35)34-20-38(51-24(34)2)44-47-41-31-17-9-5-13-27(31)28-14-6-10-18-32(28)42(41)48-44/h3-20H,21-22H2,1-2H3,(H,45,46)(H,47,48). The Hall–Kier alpha value is -5.21. The Balaban J connectivity index is 1.02. The van der Waals surface area contributed by atoms with E-state index in [1.807, 2.05) is 34.4 Å². The fraction of sp³-hybridized carbons (Fsp3) is 0.0909. The van der Waals surface area contributed by atoms with Crippen LogP contribution in [0.4, 0.5) is 0 Å². The zero-order chi connectivity index (χ0) is 33.8. The first kappa shape index (κ1) is 29.5. The van der Waals surface area contributed by atoms with Gasteiger partial charge in [-0.05, 0) is 69.8 Å².